The number of carbonyl (C=O) groups excluding carboxylic acids is 2. The first kappa shape index (κ1) is 22.6. The molecule has 178 valence electrons. The molecule has 0 saturated heterocycles. The number of amides is 1. The molecule has 5 rings (SSSR count). The second-order valence-corrected chi connectivity index (χ2v) is 9.91. The van der Waals surface area contributed by atoms with Crippen LogP contribution in [0.4, 0.5) is 11.5 Å². The fourth-order valence-corrected chi connectivity index (χ4v) is 4.90. The number of nitrogens with one attached hydrogen (secondary N) is 2. The lowest BCUT2D eigenvalue weighted by atomic mass is 9.73. The number of carboxylic acids is 1. The number of hydrogen-bond acceptors (Lipinski definition) is 5. The number of anilines is 2. The average molecular weight is 471 g/mol. The van der Waals surface area contributed by atoms with Crippen LogP contribution in [0.1, 0.15) is 64.6 Å². The van der Waals surface area contributed by atoms with E-state index in [4.69, 9.17) is 0 Å². The lowest BCUT2D eigenvalue weighted by molar-refractivity contribution is -0.118. The fraction of sp³-hybridized carbons (Fsp3) is 0.259. The molecular formula is C27H26N4O4. The Kier molecular flexibility index (Phi) is 5.31. The Morgan fingerprint density at radius 3 is 2.51 bits per heavy atom. The quantitative estimate of drug-likeness (QED) is 0.505. The van der Waals surface area contributed by atoms with Gasteiger partial charge in [0.05, 0.1) is 11.8 Å². The highest BCUT2D eigenvalue weighted by atomic mass is 16.4. The third kappa shape index (κ3) is 4.01. The van der Waals surface area contributed by atoms with Crippen LogP contribution in [0.25, 0.3) is 0 Å². The number of Topliss-reactive ketones (excluding diaryl/α,β-unsaturated/α-hetero) is 1. The van der Waals surface area contributed by atoms with Gasteiger partial charge in [-0.2, -0.15) is 5.10 Å². The Bertz CT molecular complexity index is 1400. The van der Waals surface area contributed by atoms with Gasteiger partial charge in [0, 0.05) is 23.4 Å². The molecule has 8 nitrogen and oxygen atoms in total. The maximum atomic E-state index is 13.3. The van der Waals surface area contributed by atoms with E-state index >= 15 is 0 Å². The number of nitrogens with zero attached hydrogens (tertiary/aromatic N) is 2. The van der Waals surface area contributed by atoms with Crippen molar-refractivity contribution in [1.29, 1.82) is 0 Å². The summed E-state index contributed by atoms with van der Waals surface area (Å²) in [6.45, 7) is 6.01. The SMILES string of the molecule is Cc1ccccc1NC(=O)c1cnn2c1NC1=C(C(=O)CC(C)(C)C1)C2c1ccc(C(=O)O)cc1. The number of rotatable bonds is 4. The smallest absolute Gasteiger partial charge is 0.335 e. The zero-order valence-electron chi connectivity index (χ0n) is 19.8. The number of fused-ring (bicyclic) bond motifs is 1. The second-order valence-electron chi connectivity index (χ2n) is 9.91. The van der Waals surface area contributed by atoms with E-state index in [1.54, 1.807) is 16.8 Å². The van der Waals surface area contributed by atoms with Crippen molar-refractivity contribution in [2.45, 2.75) is 39.7 Å². The number of carbonyl (C=O) groups is 3. The summed E-state index contributed by atoms with van der Waals surface area (Å²) in [7, 11) is 0. The number of para-hydroxylation sites is 1. The molecule has 0 bridgehead atoms. The van der Waals surface area contributed by atoms with Crippen LogP contribution in [0.3, 0.4) is 0 Å². The monoisotopic (exact) mass is 470 g/mol. The van der Waals surface area contributed by atoms with E-state index in [0.717, 1.165) is 16.8 Å². The zero-order valence-corrected chi connectivity index (χ0v) is 19.8. The van der Waals surface area contributed by atoms with Gasteiger partial charge in [0.2, 0.25) is 0 Å². The van der Waals surface area contributed by atoms with E-state index in [1.165, 1.54) is 18.3 Å². The van der Waals surface area contributed by atoms with Gasteiger partial charge in [-0.1, -0.05) is 44.2 Å². The van der Waals surface area contributed by atoms with Crippen LogP contribution >= 0.6 is 0 Å². The number of ketones is 1. The first-order valence-corrected chi connectivity index (χ1v) is 11.5. The van der Waals surface area contributed by atoms with Crippen LogP contribution in [0.2, 0.25) is 0 Å². The predicted molar refractivity (Wildman–Crippen MR) is 132 cm³/mol. The molecule has 0 saturated carbocycles. The topological polar surface area (TPSA) is 113 Å². The number of aromatic carboxylic acids is 1. The van der Waals surface area contributed by atoms with Crippen LogP contribution < -0.4 is 10.6 Å². The van der Waals surface area contributed by atoms with E-state index in [9.17, 15) is 19.5 Å². The Labute approximate surface area is 202 Å². The van der Waals surface area contributed by atoms with Gasteiger partial charge in [-0.05, 0) is 48.1 Å². The summed E-state index contributed by atoms with van der Waals surface area (Å²) in [5, 5.41) is 20.1. The molecule has 0 radical (unpaired) electrons. The van der Waals surface area contributed by atoms with Gasteiger partial charge >= 0.3 is 5.97 Å². The van der Waals surface area contributed by atoms with Crippen LogP contribution in [-0.2, 0) is 4.79 Å². The Hall–Kier alpha value is -4.20. The summed E-state index contributed by atoms with van der Waals surface area (Å²) < 4.78 is 1.65. The van der Waals surface area contributed by atoms with Gasteiger partial charge in [-0.15, -0.1) is 0 Å². The van der Waals surface area contributed by atoms with Gasteiger partial charge in [0.25, 0.3) is 5.91 Å². The van der Waals surface area contributed by atoms with Gasteiger partial charge in [-0.3, -0.25) is 9.59 Å². The van der Waals surface area contributed by atoms with Crippen molar-refractivity contribution in [3.63, 3.8) is 0 Å². The number of benzene rings is 2. The molecule has 1 aliphatic carbocycles. The Morgan fingerprint density at radius 1 is 1.11 bits per heavy atom. The summed E-state index contributed by atoms with van der Waals surface area (Å²) in [6, 6.07) is 13.4. The number of allylic oxidation sites excluding steroid dienone is 2. The van der Waals surface area contributed by atoms with Crippen molar-refractivity contribution in [2.24, 2.45) is 5.41 Å². The molecule has 0 fully saturated rings. The minimum atomic E-state index is -1.02. The van der Waals surface area contributed by atoms with Crippen molar-refractivity contribution in [1.82, 2.24) is 9.78 Å². The first-order valence-electron chi connectivity index (χ1n) is 11.5. The van der Waals surface area contributed by atoms with Crippen molar-refractivity contribution >= 4 is 29.2 Å². The second kappa shape index (κ2) is 8.23. The summed E-state index contributed by atoms with van der Waals surface area (Å²) in [5.74, 6) is -0.804. The van der Waals surface area contributed by atoms with Crippen LogP contribution in [-0.4, -0.2) is 32.5 Å². The highest BCUT2D eigenvalue weighted by Gasteiger charge is 2.42. The largest absolute Gasteiger partial charge is 0.478 e. The maximum Gasteiger partial charge on any atom is 0.335 e. The fourth-order valence-electron chi connectivity index (χ4n) is 4.90. The van der Waals surface area contributed by atoms with E-state index < -0.39 is 12.0 Å². The summed E-state index contributed by atoms with van der Waals surface area (Å²) in [4.78, 5) is 37.9. The van der Waals surface area contributed by atoms with Crippen LogP contribution in [0, 0.1) is 12.3 Å². The lowest BCUT2D eigenvalue weighted by Gasteiger charge is -2.39. The molecular weight excluding hydrogens is 444 g/mol. The molecule has 1 aliphatic heterocycles. The number of carboxylic acid groups (broad SMARTS) is 1. The molecule has 2 heterocycles. The molecule has 35 heavy (non-hydrogen) atoms. The van der Waals surface area contributed by atoms with Crippen molar-refractivity contribution < 1.29 is 19.5 Å². The average Bonchev–Trinajstić information content (AvgIpc) is 3.22. The number of aromatic nitrogens is 2. The van der Waals surface area contributed by atoms with Gasteiger partial charge in [0.15, 0.2) is 5.78 Å². The predicted octanol–water partition coefficient (Wildman–Crippen LogP) is 4.80. The third-order valence-electron chi connectivity index (χ3n) is 6.61. The summed E-state index contributed by atoms with van der Waals surface area (Å²) in [5.41, 5.74) is 4.05. The van der Waals surface area contributed by atoms with E-state index in [1.807, 2.05) is 45.0 Å². The van der Waals surface area contributed by atoms with Gasteiger partial charge in [0.1, 0.15) is 17.4 Å². The molecule has 0 spiro atoms. The van der Waals surface area contributed by atoms with E-state index in [2.05, 4.69) is 15.7 Å². The Balaban J connectivity index is 1.60. The number of hydrogen-bond donors (Lipinski definition) is 3. The van der Waals surface area contributed by atoms with Crippen LogP contribution in [0.5, 0.6) is 0 Å². The van der Waals surface area contributed by atoms with Crippen molar-refractivity contribution in [3.05, 3.63) is 88.3 Å². The lowest BCUT2D eigenvalue weighted by Crippen LogP contribution is -2.37. The Morgan fingerprint density at radius 2 is 1.83 bits per heavy atom. The molecule has 2 aromatic carbocycles. The van der Waals surface area contributed by atoms with Crippen molar-refractivity contribution in [2.75, 3.05) is 10.6 Å². The van der Waals surface area contributed by atoms with Gasteiger partial charge < -0.3 is 15.7 Å². The maximum absolute atomic E-state index is 13.3. The standard InChI is InChI=1S/C27H26N4O4/c1-15-6-4-5-7-19(15)30-25(33)18-14-28-31-23(16-8-10-17(11-9-16)26(34)35)22-20(29-24(18)31)12-27(2,3)13-21(22)32/h4-11,14,23,29H,12-13H2,1-3H3,(H,30,33)(H,34,35). The van der Waals surface area contributed by atoms with E-state index in [-0.39, 0.29) is 22.7 Å². The molecule has 1 unspecified atom stereocenters. The molecule has 2 aliphatic rings. The summed E-state index contributed by atoms with van der Waals surface area (Å²) in [6.07, 6.45) is 2.54. The molecule has 3 N–H and O–H groups in total. The first-order chi connectivity index (χ1) is 16.6. The summed E-state index contributed by atoms with van der Waals surface area (Å²) >= 11 is 0. The zero-order chi connectivity index (χ0) is 24.9. The molecule has 1 amide bonds. The highest BCUT2D eigenvalue weighted by Crippen LogP contribution is 2.46. The normalized spacial score (nSPS) is 18.4. The molecule has 3 aromatic rings. The molecule has 1 aromatic heterocycles. The van der Waals surface area contributed by atoms with E-state index in [0.29, 0.717) is 35.5 Å². The number of aryl methyl sites for hydroxylation is 1. The molecule has 8 heteroatoms. The minimum absolute atomic E-state index is 0.0168. The van der Waals surface area contributed by atoms with Crippen LogP contribution in [0.15, 0.2) is 66.0 Å². The molecule has 1 atom stereocenters. The van der Waals surface area contributed by atoms with Crippen molar-refractivity contribution in [3.8, 4) is 0 Å². The van der Waals surface area contributed by atoms with Gasteiger partial charge in [-0.25, -0.2) is 9.48 Å². The minimum Gasteiger partial charge on any atom is -0.478 e. The third-order valence-corrected chi connectivity index (χ3v) is 6.61. The highest BCUT2D eigenvalue weighted by molar-refractivity contribution is 6.09.